The van der Waals surface area contributed by atoms with E-state index in [0.717, 1.165) is 22.5 Å². The van der Waals surface area contributed by atoms with Crippen LogP contribution in [0.15, 0.2) is 140 Å². The van der Waals surface area contributed by atoms with Crippen LogP contribution < -0.4 is 0 Å². The molecule has 0 N–H and O–H groups in total. The first-order valence-corrected chi connectivity index (χ1v) is 13.3. The summed E-state index contributed by atoms with van der Waals surface area (Å²) in [7, 11) is 0. The fourth-order valence-corrected chi connectivity index (χ4v) is 5.49. The lowest BCUT2D eigenvalue weighted by Crippen LogP contribution is -1.92. The first-order chi connectivity index (χ1) is 19.2. The molecule has 0 atom stereocenters. The van der Waals surface area contributed by atoms with Crippen LogP contribution in [0.25, 0.3) is 66.3 Å². The molecular formula is C36H23ClN2. The van der Waals surface area contributed by atoms with Crippen molar-refractivity contribution in [1.29, 1.82) is 0 Å². The maximum Gasteiger partial charge on any atom is 0.223 e. The van der Waals surface area contributed by atoms with Gasteiger partial charge in [-0.3, -0.25) is 0 Å². The Hall–Kier alpha value is -4.79. The van der Waals surface area contributed by atoms with Crippen molar-refractivity contribution in [3.8, 4) is 44.8 Å². The molecule has 1 aromatic heterocycles. The summed E-state index contributed by atoms with van der Waals surface area (Å²) in [6, 6.07) is 48.8. The third kappa shape index (κ3) is 4.46. The van der Waals surface area contributed by atoms with E-state index in [4.69, 9.17) is 11.6 Å². The van der Waals surface area contributed by atoms with Crippen molar-refractivity contribution < 1.29 is 0 Å². The van der Waals surface area contributed by atoms with Gasteiger partial charge in [0.15, 0.2) is 0 Å². The van der Waals surface area contributed by atoms with Crippen LogP contribution in [0.5, 0.6) is 0 Å². The number of fused-ring (bicyclic) bond motifs is 2. The standard InChI is InChI=1S/C36H23ClN2/c37-36-38-34(28-19-15-26(16-20-28)32-13-5-9-24-7-1-3-11-30(24)32)23-35(39-36)29-21-17-27(18-22-29)33-14-6-10-25-8-2-4-12-31(25)33/h1-23H. The molecule has 0 bridgehead atoms. The highest BCUT2D eigenvalue weighted by atomic mass is 35.5. The zero-order valence-corrected chi connectivity index (χ0v) is 21.8. The van der Waals surface area contributed by atoms with Crippen molar-refractivity contribution in [3.05, 3.63) is 145 Å². The molecule has 0 saturated heterocycles. The third-order valence-corrected chi connectivity index (χ3v) is 7.43. The summed E-state index contributed by atoms with van der Waals surface area (Å²) in [5.74, 6) is 0. The lowest BCUT2D eigenvalue weighted by molar-refractivity contribution is 1.18. The number of aromatic nitrogens is 2. The lowest BCUT2D eigenvalue weighted by Gasteiger charge is -2.10. The highest BCUT2D eigenvalue weighted by Crippen LogP contribution is 2.33. The van der Waals surface area contributed by atoms with E-state index in [1.54, 1.807) is 0 Å². The topological polar surface area (TPSA) is 25.8 Å². The van der Waals surface area contributed by atoms with Crippen LogP contribution in [0.1, 0.15) is 0 Å². The van der Waals surface area contributed by atoms with Crippen LogP contribution in [-0.4, -0.2) is 9.97 Å². The van der Waals surface area contributed by atoms with Gasteiger partial charge in [0, 0.05) is 11.1 Å². The van der Waals surface area contributed by atoms with Gasteiger partial charge in [-0.2, -0.15) is 0 Å². The molecule has 0 saturated carbocycles. The predicted molar refractivity (Wildman–Crippen MR) is 164 cm³/mol. The van der Waals surface area contributed by atoms with E-state index < -0.39 is 0 Å². The summed E-state index contributed by atoms with van der Waals surface area (Å²) in [6.45, 7) is 0. The minimum atomic E-state index is 0.235. The Morgan fingerprint density at radius 2 is 0.769 bits per heavy atom. The number of nitrogens with zero attached hydrogens (tertiary/aromatic N) is 2. The number of benzene rings is 6. The lowest BCUT2D eigenvalue weighted by atomic mass is 9.96. The van der Waals surface area contributed by atoms with Crippen LogP contribution in [0.3, 0.4) is 0 Å². The van der Waals surface area contributed by atoms with Crippen molar-refractivity contribution in [2.45, 2.75) is 0 Å². The zero-order valence-electron chi connectivity index (χ0n) is 21.1. The molecule has 7 aromatic rings. The van der Waals surface area contributed by atoms with Gasteiger partial charge in [-0.25, -0.2) is 9.97 Å². The van der Waals surface area contributed by atoms with E-state index in [1.807, 2.05) is 6.07 Å². The quantitative estimate of drug-likeness (QED) is 0.216. The molecular weight excluding hydrogens is 496 g/mol. The van der Waals surface area contributed by atoms with Crippen LogP contribution >= 0.6 is 11.6 Å². The molecule has 6 aromatic carbocycles. The van der Waals surface area contributed by atoms with Crippen molar-refractivity contribution in [2.24, 2.45) is 0 Å². The number of rotatable bonds is 4. The number of hydrogen-bond acceptors (Lipinski definition) is 2. The first-order valence-electron chi connectivity index (χ1n) is 12.9. The van der Waals surface area contributed by atoms with E-state index in [9.17, 15) is 0 Å². The smallest absolute Gasteiger partial charge is 0.218 e. The van der Waals surface area contributed by atoms with E-state index in [-0.39, 0.29) is 5.28 Å². The fourth-order valence-electron chi connectivity index (χ4n) is 5.31. The van der Waals surface area contributed by atoms with Gasteiger partial charge in [-0.15, -0.1) is 0 Å². The summed E-state index contributed by atoms with van der Waals surface area (Å²) < 4.78 is 0. The number of hydrogen-bond donors (Lipinski definition) is 0. The van der Waals surface area contributed by atoms with E-state index >= 15 is 0 Å². The fraction of sp³-hybridized carbons (Fsp3) is 0. The molecule has 184 valence electrons. The highest BCUT2D eigenvalue weighted by Gasteiger charge is 2.10. The van der Waals surface area contributed by atoms with Gasteiger partial charge in [-0.05, 0) is 61.5 Å². The second kappa shape index (κ2) is 9.83. The maximum atomic E-state index is 6.41. The van der Waals surface area contributed by atoms with Gasteiger partial charge in [0.2, 0.25) is 5.28 Å². The van der Waals surface area contributed by atoms with Gasteiger partial charge < -0.3 is 0 Å². The highest BCUT2D eigenvalue weighted by molar-refractivity contribution is 6.28. The Morgan fingerprint density at radius 1 is 0.385 bits per heavy atom. The SMILES string of the molecule is Clc1nc(-c2ccc(-c3cccc4ccccc34)cc2)cc(-c2ccc(-c3cccc4ccccc34)cc2)n1. The molecule has 0 aliphatic heterocycles. The number of halogens is 1. The second-order valence-corrected chi connectivity index (χ2v) is 9.95. The molecule has 7 rings (SSSR count). The van der Waals surface area contributed by atoms with Crippen molar-refractivity contribution in [3.63, 3.8) is 0 Å². The molecule has 0 radical (unpaired) electrons. The van der Waals surface area contributed by atoms with Gasteiger partial charge in [0.1, 0.15) is 0 Å². The van der Waals surface area contributed by atoms with E-state index in [0.29, 0.717) is 0 Å². The summed E-state index contributed by atoms with van der Waals surface area (Å²) in [6.07, 6.45) is 0. The molecule has 0 aliphatic carbocycles. The molecule has 0 spiro atoms. The van der Waals surface area contributed by atoms with Crippen molar-refractivity contribution >= 4 is 33.1 Å². The Balaban J connectivity index is 1.21. The molecule has 1 heterocycles. The monoisotopic (exact) mass is 518 g/mol. The molecule has 39 heavy (non-hydrogen) atoms. The summed E-state index contributed by atoms with van der Waals surface area (Å²) >= 11 is 6.41. The van der Waals surface area contributed by atoms with Gasteiger partial charge in [0.05, 0.1) is 11.4 Å². The average Bonchev–Trinajstić information content (AvgIpc) is 3.00. The van der Waals surface area contributed by atoms with Gasteiger partial charge in [-0.1, -0.05) is 133 Å². The van der Waals surface area contributed by atoms with Crippen LogP contribution in [-0.2, 0) is 0 Å². The average molecular weight is 519 g/mol. The largest absolute Gasteiger partial charge is 0.223 e. The molecule has 0 unspecified atom stereocenters. The zero-order chi connectivity index (χ0) is 26.2. The normalized spacial score (nSPS) is 11.2. The molecule has 3 heteroatoms. The second-order valence-electron chi connectivity index (χ2n) is 9.62. The molecule has 2 nitrogen and oxygen atoms in total. The molecule has 0 amide bonds. The molecule has 0 fully saturated rings. The summed E-state index contributed by atoms with van der Waals surface area (Å²) in [5, 5.41) is 5.19. The maximum absolute atomic E-state index is 6.41. The Morgan fingerprint density at radius 3 is 1.23 bits per heavy atom. The van der Waals surface area contributed by atoms with Crippen molar-refractivity contribution in [1.82, 2.24) is 9.97 Å². The predicted octanol–water partition coefficient (Wildman–Crippen LogP) is 10.1. The van der Waals surface area contributed by atoms with Crippen LogP contribution in [0.4, 0.5) is 0 Å². The summed E-state index contributed by atoms with van der Waals surface area (Å²) in [4.78, 5) is 9.07. The van der Waals surface area contributed by atoms with Crippen LogP contribution in [0, 0.1) is 0 Å². The van der Waals surface area contributed by atoms with Crippen LogP contribution in [0.2, 0.25) is 5.28 Å². The van der Waals surface area contributed by atoms with Gasteiger partial charge >= 0.3 is 0 Å². The Labute approximate surface area is 232 Å². The minimum Gasteiger partial charge on any atom is -0.218 e. The van der Waals surface area contributed by atoms with Gasteiger partial charge in [0.25, 0.3) is 0 Å². The Kier molecular flexibility index (Phi) is 5.88. The van der Waals surface area contributed by atoms with E-state index in [2.05, 4.69) is 143 Å². The van der Waals surface area contributed by atoms with Crippen molar-refractivity contribution in [2.75, 3.05) is 0 Å². The first kappa shape index (κ1) is 23.3. The third-order valence-electron chi connectivity index (χ3n) is 7.26. The minimum absolute atomic E-state index is 0.235. The van der Waals surface area contributed by atoms with E-state index in [1.165, 1.54) is 43.8 Å². The Bertz CT molecular complexity index is 1810. The molecule has 0 aliphatic rings. The summed E-state index contributed by atoms with van der Waals surface area (Å²) in [5.41, 5.74) is 8.36.